The molecule has 0 bridgehead atoms. The fraction of sp³-hybridized carbons (Fsp3) is 0.391. The number of ether oxygens (including phenoxy) is 1. The van der Waals surface area contributed by atoms with E-state index < -0.39 is 21.5 Å². The molecule has 2 heterocycles. The molecular formula is C23H25F3N4O4S. The second kappa shape index (κ2) is 9.50. The van der Waals surface area contributed by atoms with Gasteiger partial charge in [0, 0.05) is 29.7 Å². The molecule has 0 aliphatic carbocycles. The number of alkyl halides is 3. The third kappa shape index (κ3) is 5.27. The summed E-state index contributed by atoms with van der Waals surface area (Å²) in [5.74, 6) is -0.652. The SMILES string of the molecule is Cc1cccc2cccc(N3CCc4c(nc(OCCN(C)C)nc4OS(=O)(=O)C(F)(F)F)C3)c12. The first kappa shape index (κ1) is 25.0. The molecule has 0 radical (unpaired) electrons. The van der Waals surface area contributed by atoms with Crippen molar-refractivity contribution in [2.45, 2.75) is 25.4 Å². The van der Waals surface area contributed by atoms with E-state index in [1.165, 1.54) is 0 Å². The Labute approximate surface area is 201 Å². The second-order valence-corrected chi connectivity index (χ2v) is 10.0. The van der Waals surface area contributed by atoms with Crippen LogP contribution >= 0.6 is 0 Å². The van der Waals surface area contributed by atoms with Crippen LogP contribution in [0.5, 0.6) is 11.9 Å². The zero-order valence-electron chi connectivity index (χ0n) is 19.5. The van der Waals surface area contributed by atoms with Crippen LogP contribution in [0.1, 0.15) is 16.8 Å². The van der Waals surface area contributed by atoms with Gasteiger partial charge >= 0.3 is 21.6 Å². The Morgan fingerprint density at radius 2 is 1.83 bits per heavy atom. The minimum atomic E-state index is -5.90. The quantitative estimate of drug-likeness (QED) is 0.352. The Hall–Kier alpha value is -3.12. The van der Waals surface area contributed by atoms with E-state index in [1.54, 1.807) is 0 Å². The first-order chi connectivity index (χ1) is 16.5. The van der Waals surface area contributed by atoms with Crippen LogP contribution in [0.3, 0.4) is 0 Å². The van der Waals surface area contributed by atoms with Gasteiger partial charge in [-0.1, -0.05) is 30.3 Å². The molecule has 4 rings (SSSR count). The van der Waals surface area contributed by atoms with Gasteiger partial charge < -0.3 is 18.7 Å². The van der Waals surface area contributed by atoms with E-state index in [4.69, 9.17) is 4.74 Å². The van der Waals surface area contributed by atoms with Gasteiger partial charge in [0.1, 0.15) is 6.61 Å². The summed E-state index contributed by atoms with van der Waals surface area (Å²) in [5.41, 5.74) is -2.99. The van der Waals surface area contributed by atoms with Crippen LogP contribution in [0.4, 0.5) is 18.9 Å². The van der Waals surface area contributed by atoms with Crippen LogP contribution < -0.4 is 13.8 Å². The van der Waals surface area contributed by atoms with Crippen molar-refractivity contribution < 1.29 is 30.5 Å². The summed E-state index contributed by atoms with van der Waals surface area (Å²) in [6, 6.07) is 11.7. The predicted molar refractivity (Wildman–Crippen MR) is 125 cm³/mol. The Balaban J connectivity index is 1.73. The minimum absolute atomic E-state index is 0.156. The van der Waals surface area contributed by atoms with Crippen LogP contribution in [0, 0.1) is 6.92 Å². The summed E-state index contributed by atoms with van der Waals surface area (Å²) in [5, 5.41) is 2.12. The number of rotatable bonds is 7. The first-order valence-electron chi connectivity index (χ1n) is 10.9. The van der Waals surface area contributed by atoms with Gasteiger partial charge in [0.2, 0.25) is 5.88 Å². The number of aromatic nitrogens is 2. The molecule has 12 heteroatoms. The van der Waals surface area contributed by atoms with Crippen LogP contribution in [0.2, 0.25) is 0 Å². The molecule has 2 aromatic carbocycles. The van der Waals surface area contributed by atoms with E-state index in [9.17, 15) is 21.6 Å². The van der Waals surface area contributed by atoms with E-state index in [2.05, 4.69) is 19.1 Å². The van der Waals surface area contributed by atoms with Crippen LogP contribution in [-0.2, 0) is 23.1 Å². The number of fused-ring (bicyclic) bond motifs is 2. The smallest absolute Gasteiger partial charge is 0.462 e. The highest BCUT2D eigenvalue weighted by molar-refractivity contribution is 7.87. The molecule has 0 saturated heterocycles. The van der Waals surface area contributed by atoms with Crippen molar-refractivity contribution in [1.29, 1.82) is 0 Å². The van der Waals surface area contributed by atoms with Gasteiger partial charge in [-0.05, 0) is 44.5 Å². The van der Waals surface area contributed by atoms with Crippen LogP contribution in [0.25, 0.3) is 10.8 Å². The molecule has 3 aromatic rings. The highest BCUT2D eigenvalue weighted by atomic mass is 32.2. The lowest BCUT2D eigenvalue weighted by Gasteiger charge is -2.32. The van der Waals surface area contributed by atoms with Crippen molar-refractivity contribution in [3.63, 3.8) is 0 Å². The number of likely N-dealkylation sites (N-methyl/N-ethyl adjacent to an activating group) is 1. The van der Waals surface area contributed by atoms with E-state index in [1.807, 2.05) is 62.3 Å². The van der Waals surface area contributed by atoms with E-state index >= 15 is 0 Å². The van der Waals surface area contributed by atoms with Gasteiger partial charge in [0.25, 0.3) is 0 Å². The number of halogens is 3. The van der Waals surface area contributed by atoms with Crippen molar-refractivity contribution in [1.82, 2.24) is 14.9 Å². The van der Waals surface area contributed by atoms with Crippen LogP contribution in [-0.4, -0.2) is 62.6 Å². The lowest BCUT2D eigenvalue weighted by atomic mass is 10.0. The molecule has 0 fully saturated rings. The fourth-order valence-electron chi connectivity index (χ4n) is 3.95. The standard InChI is InChI=1S/C23H25F3N4O4S/c1-15-6-4-7-16-8-5-9-19(20(15)16)30-11-10-17-18(14-30)27-22(33-13-12-29(2)3)28-21(17)34-35(31,32)23(24,25)26/h4-9H,10-14H2,1-3H3. The van der Waals surface area contributed by atoms with E-state index in [0.29, 0.717) is 18.8 Å². The Morgan fingerprint density at radius 3 is 2.51 bits per heavy atom. The lowest BCUT2D eigenvalue weighted by molar-refractivity contribution is -0.0502. The molecule has 0 spiro atoms. The van der Waals surface area contributed by atoms with Gasteiger partial charge in [-0.2, -0.15) is 31.6 Å². The average Bonchev–Trinajstić information content (AvgIpc) is 2.77. The van der Waals surface area contributed by atoms with E-state index in [-0.39, 0.29) is 31.1 Å². The molecule has 0 unspecified atom stereocenters. The molecule has 0 saturated carbocycles. The van der Waals surface area contributed by atoms with Crippen molar-refractivity contribution in [2.75, 3.05) is 38.7 Å². The molecular weight excluding hydrogens is 485 g/mol. The largest absolute Gasteiger partial charge is 0.534 e. The topological polar surface area (TPSA) is 84.9 Å². The summed E-state index contributed by atoms with van der Waals surface area (Å²) >= 11 is 0. The van der Waals surface area contributed by atoms with Gasteiger partial charge in [-0.25, -0.2) is 0 Å². The Bertz CT molecular complexity index is 1340. The first-order valence-corrected chi connectivity index (χ1v) is 12.3. The highest BCUT2D eigenvalue weighted by Gasteiger charge is 2.49. The summed E-state index contributed by atoms with van der Waals surface area (Å²) in [6.07, 6.45) is 0.193. The molecule has 8 nitrogen and oxygen atoms in total. The normalized spacial score (nSPS) is 14.3. The lowest BCUT2D eigenvalue weighted by Crippen LogP contribution is -2.34. The van der Waals surface area contributed by atoms with E-state index in [0.717, 1.165) is 22.0 Å². The second-order valence-electron chi connectivity index (χ2n) is 8.49. The summed E-state index contributed by atoms with van der Waals surface area (Å²) in [7, 11) is -2.25. The number of hydrogen-bond donors (Lipinski definition) is 0. The molecule has 0 atom stereocenters. The predicted octanol–water partition coefficient (Wildman–Crippen LogP) is 3.67. The average molecular weight is 511 g/mol. The zero-order valence-corrected chi connectivity index (χ0v) is 20.3. The third-order valence-electron chi connectivity index (χ3n) is 5.68. The Morgan fingerprint density at radius 1 is 1.11 bits per heavy atom. The number of anilines is 1. The molecule has 0 amide bonds. The third-order valence-corrected chi connectivity index (χ3v) is 6.62. The van der Waals surface area contributed by atoms with Gasteiger partial charge in [0.05, 0.1) is 12.2 Å². The van der Waals surface area contributed by atoms with Gasteiger partial charge in [0.15, 0.2) is 0 Å². The number of benzene rings is 2. The van der Waals surface area contributed by atoms with Gasteiger partial charge in [-0.15, -0.1) is 0 Å². The monoisotopic (exact) mass is 510 g/mol. The number of nitrogens with zero attached hydrogens (tertiary/aromatic N) is 4. The number of hydrogen-bond acceptors (Lipinski definition) is 8. The molecule has 188 valence electrons. The highest BCUT2D eigenvalue weighted by Crippen LogP contribution is 2.36. The van der Waals surface area contributed by atoms with Crippen molar-refractivity contribution in [3.8, 4) is 11.9 Å². The minimum Gasteiger partial charge on any atom is -0.462 e. The molecule has 35 heavy (non-hydrogen) atoms. The maximum absolute atomic E-state index is 13.0. The fourth-order valence-corrected chi connectivity index (χ4v) is 4.39. The van der Waals surface area contributed by atoms with Crippen LogP contribution in [0.15, 0.2) is 36.4 Å². The van der Waals surface area contributed by atoms with Crippen molar-refractivity contribution in [3.05, 3.63) is 53.2 Å². The zero-order chi connectivity index (χ0) is 25.4. The summed E-state index contributed by atoms with van der Waals surface area (Å²) in [4.78, 5) is 12.2. The van der Waals surface area contributed by atoms with Crippen molar-refractivity contribution >= 4 is 26.6 Å². The maximum atomic E-state index is 13.0. The maximum Gasteiger partial charge on any atom is 0.534 e. The molecule has 1 aromatic heterocycles. The Kier molecular flexibility index (Phi) is 6.78. The molecule has 0 N–H and O–H groups in total. The summed E-state index contributed by atoms with van der Waals surface area (Å²) < 4.78 is 72.5. The van der Waals surface area contributed by atoms with Crippen molar-refractivity contribution in [2.24, 2.45) is 0 Å². The molecule has 1 aliphatic heterocycles. The van der Waals surface area contributed by atoms with Gasteiger partial charge in [-0.3, -0.25) is 0 Å². The summed E-state index contributed by atoms with van der Waals surface area (Å²) in [6.45, 7) is 3.30. The number of aryl methyl sites for hydroxylation is 1. The molecule has 1 aliphatic rings.